The van der Waals surface area contributed by atoms with E-state index in [0.717, 1.165) is 21.9 Å². The zero-order valence-electron chi connectivity index (χ0n) is 15.7. The maximum Gasteiger partial charge on any atom is 0.344 e. The normalized spacial score (nSPS) is 18.6. The zero-order chi connectivity index (χ0) is 20.1. The van der Waals surface area contributed by atoms with Crippen LogP contribution in [-0.2, 0) is 16.9 Å². The number of amides is 3. The summed E-state index contributed by atoms with van der Waals surface area (Å²) < 4.78 is 5.13. The molecular weight excluding hydrogens is 376 g/mol. The lowest BCUT2D eigenvalue weighted by Crippen LogP contribution is -2.51. The highest BCUT2D eigenvalue weighted by Crippen LogP contribution is 2.31. The number of nitrogens with one attached hydrogen (secondary N) is 3. The third kappa shape index (κ3) is 3.77. The number of hydrazine groups is 1. The van der Waals surface area contributed by atoms with E-state index in [1.165, 1.54) is 0 Å². The fraction of sp³-hybridized carbons (Fsp3) is 0.250. The summed E-state index contributed by atoms with van der Waals surface area (Å²) in [4.78, 5) is 25.5. The quantitative estimate of drug-likeness (QED) is 0.512. The Bertz CT molecular complexity index is 873. The van der Waals surface area contributed by atoms with Gasteiger partial charge in [0.25, 0.3) is 5.91 Å². The van der Waals surface area contributed by atoms with Crippen molar-refractivity contribution in [3.8, 4) is 5.75 Å². The molecule has 8 heteroatoms. The molecule has 0 aliphatic carbocycles. The van der Waals surface area contributed by atoms with E-state index in [1.54, 1.807) is 7.11 Å². The van der Waals surface area contributed by atoms with Crippen LogP contribution in [0.3, 0.4) is 0 Å². The number of imide groups is 1. The number of thiocarbonyl (C=S) groups is 1. The highest BCUT2D eigenvalue weighted by Gasteiger charge is 2.51. The van der Waals surface area contributed by atoms with Gasteiger partial charge in [-0.1, -0.05) is 49.4 Å². The van der Waals surface area contributed by atoms with Gasteiger partial charge >= 0.3 is 6.03 Å². The molecule has 2 aromatic carbocycles. The molecule has 146 valence electrons. The molecule has 1 aliphatic heterocycles. The molecule has 1 fully saturated rings. The topological polar surface area (TPSA) is 82.7 Å². The molecule has 1 saturated heterocycles. The Morgan fingerprint density at radius 1 is 1.14 bits per heavy atom. The number of hydrogen-bond acceptors (Lipinski definition) is 4. The zero-order valence-corrected chi connectivity index (χ0v) is 16.5. The molecule has 2 aromatic rings. The van der Waals surface area contributed by atoms with Gasteiger partial charge in [-0.15, -0.1) is 0 Å². The Morgan fingerprint density at radius 3 is 2.43 bits per heavy atom. The summed E-state index contributed by atoms with van der Waals surface area (Å²) in [7, 11) is 1.61. The van der Waals surface area contributed by atoms with Crippen molar-refractivity contribution in [1.29, 1.82) is 0 Å². The number of methoxy groups -OCH3 is 1. The number of nitrogens with zero attached hydrogens (tertiary/aromatic N) is 1. The van der Waals surface area contributed by atoms with Crippen molar-refractivity contribution < 1.29 is 14.3 Å². The molecule has 1 atom stereocenters. The summed E-state index contributed by atoms with van der Waals surface area (Å²) in [5.41, 5.74) is 3.31. The number of ether oxygens (including phenoxy) is 1. The summed E-state index contributed by atoms with van der Waals surface area (Å²) in [6.07, 6.45) is 0.422. The van der Waals surface area contributed by atoms with Crippen molar-refractivity contribution in [1.82, 2.24) is 21.1 Å². The SMILES string of the molecule is CC[C@@]1(c2ccccc2)NC(=O)N(NC(=S)NCc2ccc(OC)cc2)C1=O. The number of urea groups is 1. The van der Waals surface area contributed by atoms with E-state index >= 15 is 0 Å². The largest absolute Gasteiger partial charge is 0.497 e. The smallest absolute Gasteiger partial charge is 0.344 e. The van der Waals surface area contributed by atoms with Gasteiger partial charge in [-0.2, -0.15) is 5.01 Å². The molecule has 28 heavy (non-hydrogen) atoms. The fourth-order valence-corrected chi connectivity index (χ4v) is 3.27. The molecule has 0 aromatic heterocycles. The summed E-state index contributed by atoms with van der Waals surface area (Å²) >= 11 is 5.25. The molecule has 0 spiro atoms. The predicted octanol–water partition coefficient (Wildman–Crippen LogP) is 2.43. The second kappa shape index (κ2) is 8.26. The first-order valence-electron chi connectivity index (χ1n) is 8.90. The van der Waals surface area contributed by atoms with Crippen molar-refractivity contribution in [3.05, 3.63) is 65.7 Å². The van der Waals surface area contributed by atoms with Crippen molar-refractivity contribution in [2.24, 2.45) is 0 Å². The summed E-state index contributed by atoms with van der Waals surface area (Å²) in [5.74, 6) is 0.375. The Kier molecular flexibility index (Phi) is 5.79. The summed E-state index contributed by atoms with van der Waals surface area (Å²) in [6, 6.07) is 16.1. The molecule has 0 unspecified atom stereocenters. The third-order valence-corrected chi connectivity index (χ3v) is 4.95. The monoisotopic (exact) mass is 398 g/mol. The second-order valence-corrected chi connectivity index (χ2v) is 6.75. The van der Waals surface area contributed by atoms with Crippen LogP contribution in [0.5, 0.6) is 5.75 Å². The predicted molar refractivity (Wildman–Crippen MR) is 109 cm³/mol. The molecule has 1 heterocycles. The van der Waals surface area contributed by atoms with Crippen LogP contribution >= 0.6 is 12.2 Å². The highest BCUT2D eigenvalue weighted by atomic mass is 32.1. The minimum absolute atomic E-state index is 0.180. The van der Waals surface area contributed by atoms with Gasteiger partial charge in [-0.25, -0.2) is 4.79 Å². The first kappa shape index (κ1) is 19.6. The van der Waals surface area contributed by atoms with E-state index in [1.807, 2.05) is 61.5 Å². The van der Waals surface area contributed by atoms with Crippen LogP contribution in [0.2, 0.25) is 0 Å². The van der Waals surface area contributed by atoms with E-state index < -0.39 is 11.6 Å². The van der Waals surface area contributed by atoms with Gasteiger partial charge in [0.1, 0.15) is 11.3 Å². The van der Waals surface area contributed by atoms with Gasteiger partial charge in [0.2, 0.25) is 0 Å². The fourth-order valence-electron chi connectivity index (χ4n) is 3.11. The van der Waals surface area contributed by atoms with E-state index in [9.17, 15) is 9.59 Å². The molecule has 0 bridgehead atoms. The standard InChI is InChI=1S/C20H22N4O3S/c1-3-20(15-7-5-4-6-8-15)17(25)24(19(26)22-20)23-18(28)21-13-14-9-11-16(27-2)12-10-14/h4-12H,3,13H2,1-2H3,(H,22,26)(H2,21,23,28)/t20-/m0/s1. The molecule has 3 rings (SSSR count). The van der Waals surface area contributed by atoms with E-state index in [2.05, 4.69) is 16.1 Å². The van der Waals surface area contributed by atoms with Crippen LogP contribution in [0, 0.1) is 0 Å². The minimum atomic E-state index is -1.10. The van der Waals surface area contributed by atoms with Crippen molar-refractivity contribution in [2.45, 2.75) is 25.4 Å². The van der Waals surface area contributed by atoms with E-state index in [4.69, 9.17) is 17.0 Å². The lowest BCUT2D eigenvalue weighted by Gasteiger charge is -2.25. The number of carbonyl (C=O) groups is 2. The average molecular weight is 398 g/mol. The Balaban J connectivity index is 1.65. The van der Waals surface area contributed by atoms with Crippen LogP contribution in [0.4, 0.5) is 4.79 Å². The number of benzene rings is 2. The van der Waals surface area contributed by atoms with Crippen LogP contribution < -0.4 is 20.8 Å². The molecule has 3 amide bonds. The molecule has 0 saturated carbocycles. The van der Waals surface area contributed by atoms with E-state index in [-0.39, 0.29) is 11.0 Å². The number of hydrogen-bond donors (Lipinski definition) is 3. The van der Waals surface area contributed by atoms with Gasteiger partial charge in [0.05, 0.1) is 7.11 Å². The summed E-state index contributed by atoms with van der Waals surface area (Å²) in [5, 5.41) is 6.90. The average Bonchev–Trinajstić information content (AvgIpc) is 2.98. The van der Waals surface area contributed by atoms with Crippen molar-refractivity contribution in [3.63, 3.8) is 0 Å². The first-order valence-corrected chi connectivity index (χ1v) is 9.30. The number of rotatable bonds is 6. The second-order valence-electron chi connectivity index (χ2n) is 6.34. The Labute approximate surface area is 169 Å². The third-order valence-electron chi connectivity index (χ3n) is 4.71. The Hall–Kier alpha value is -3.13. The minimum Gasteiger partial charge on any atom is -0.497 e. The van der Waals surface area contributed by atoms with Gasteiger partial charge in [-0.3, -0.25) is 10.2 Å². The van der Waals surface area contributed by atoms with Crippen LogP contribution in [0.15, 0.2) is 54.6 Å². The maximum atomic E-state index is 13.0. The Morgan fingerprint density at radius 2 is 1.82 bits per heavy atom. The van der Waals surface area contributed by atoms with Gasteiger partial charge in [-0.05, 0) is 41.9 Å². The lowest BCUT2D eigenvalue weighted by atomic mass is 9.87. The van der Waals surface area contributed by atoms with Crippen LogP contribution in [0.1, 0.15) is 24.5 Å². The summed E-state index contributed by atoms with van der Waals surface area (Å²) in [6.45, 7) is 2.30. The van der Waals surface area contributed by atoms with Gasteiger partial charge < -0.3 is 15.4 Å². The van der Waals surface area contributed by atoms with Gasteiger partial charge in [0, 0.05) is 6.54 Å². The van der Waals surface area contributed by atoms with Gasteiger partial charge in [0.15, 0.2) is 5.11 Å². The molecule has 3 N–H and O–H groups in total. The molecule has 7 nitrogen and oxygen atoms in total. The molecular formula is C20H22N4O3S. The molecule has 0 radical (unpaired) electrons. The lowest BCUT2D eigenvalue weighted by molar-refractivity contribution is -0.133. The van der Waals surface area contributed by atoms with E-state index in [0.29, 0.717) is 13.0 Å². The highest BCUT2D eigenvalue weighted by molar-refractivity contribution is 7.80. The van der Waals surface area contributed by atoms with Crippen molar-refractivity contribution in [2.75, 3.05) is 7.11 Å². The first-order chi connectivity index (χ1) is 13.5. The van der Waals surface area contributed by atoms with Crippen LogP contribution in [-0.4, -0.2) is 29.2 Å². The number of carbonyl (C=O) groups excluding carboxylic acids is 2. The van der Waals surface area contributed by atoms with Crippen molar-refractivity contribution >= 4 is 29.3 Å². The van der Waals surface area contributed by atoms with Crippen LogP contribution in [0.25, 0.3) is 0 Å². The molecule has 1 aliphatic rings. The maximum absolute atomic E-state index is 13.0.